The second-order valence-electron chi connectivity index (χ2n) is 12.0. The molecule has 3 nitrogen and oxygen atoms in total. The van der Waals surface area contributed by atoms with E-state index in [-0.39, 0.29) is 0 Å². The van der Waals surface area contributed by atoms with E-state index < -0.39 is 16.9 Å². The Bertz CT molecular complexity index is 795. The van der Waals surface area contributed by atoms with Gasteiger partial charge in [-0.25, -0.2) is 0 Å². The quantitative estimate of drug-likeness (QED) is 0.0867. The van der Waals surface area contributed by atoms with Crippen LogP contribution in [0.3, 0.4) is 0 Å². The van der Waals surface area contributed by atoms with Crippen molar-refractivity contribution in [1.29, 1.82) is 0 Å². The molecule has 0 heterocycles. The van der Waals surface area contributed by atoms with Gasteiger partial charge in [0, 0.05) is 0 Å². The average molecular weight is 571 g/mol. The van der Waals surface area contributed by atoms with Crippen LogP contribution in [0.4, 0.5) is 0 Å². The minimum absolute atomic E-state index is 0.330. The number of aryl methyl sites for hydroxylation is 1. The third kappa shape index (κ3) is 13.3. The Hall–Kier alpha value is -0.440. The molecule has 224 valence electrons. The molecular weight excluding hydrogens is 507 g/mol. The van der Waals surface area contributed by atoms with Gasteiger partial charge in [-0.05, 0) is 0 Å². The van der Waals surface area contributed by atoms with Gasteiger partial charge in [-0.2, -0.15) is 0 Å². The van der Waals surface area contributed by atoms with Crippen molar-refractivity contribution in [3.8, 4) is 0 Å². The number of hydrogen-bond acceptors (Lipinski definition) is 3. The molecule has 0 bridgehead atoms. The molecule has 0 unspecified atom stereocenters. The van der Waals surface area contributed by atoms with E-state index in [0.29, 0.717) is 4.90 Å². The monoisotopic (exact) mass is 570 g/mol. The molecule has 0 amide bonds. The van der Waals surface area contributed by atoms with Gasteiger partial charge in [0.15, 0.2) is 0 Å². The van der Waals surface area contributed by atoms with Crippen LogP contribution in [-0.2, 0) is 14.1 Å². The Morgan fingerprint density at radius 3 is 1.26 bits per heavy atom. The van der Waals surface area contributed by atoms with E-state index >= 15 is 0 Å². The Balaban J connectivity index is 2.93. The fourth-order valence-electron chi connectivity index (χ4n) is 5.87. The molecule has 0 atom stereocenters. The maximum absolute atomic E-state index is 13.8. The zero-order valence-electron chi connectivity index (χ0n) is 25.9. The van der Waals surface area contributed by atoms with Gasteiger partial charge in [0.25, 0.3) is 0 Å². The number of rotatable bonds is 25. The van der Waals surface area contributed by atoms with Gasteiger partial charge in [-0.15, -0.1) is 0 Å². The molecule has 0 aliphatic heterocycles. The van der Waals surface area contributed by atoms with Gasteiger partial charge in [0.2, 0.25) is 0 Å². The summed E-state index contributed by atoms with van der Waals surface area (Å²) in [6.07, 6.45) is 26.2. The fraction of sp³-hybridized carbons (Fsp3) is 0.818. The fourth-order valence-corrected chi connectivity index (χ4v) is 15.8. The van der Waals surface area contributed by atoms with E-state index in [9.17, 15) is 8.42 Å². The zero-order valence-corrected chi connectivity index (χ0v) is 27.7. The van der Waals surface area contributed by atoms with Crippen LogP contribution in [-0.4, -0.2) is 33.1 Å². The van der Waals surface area contributed by atoms with Gasteiger partial charge in [0.05, 0.1) is 0 Å². The molecule has 0 aliphatic carbocycles. The molecule has 5 heteroatoms. The summed E-state index contributed by atoms with van der Waals surface area (Å²) in [5, 5.41) is 0. The van der Waals surface area contributed by atoms with Crippen LogP contribution in [0.15, 0.2) is 29.2 Å². The molecule has 0 saturated carbocycles. The normalized spacial score (nSPS) is 13.4. The first-order valence-corrected chi connectivity index (χ1v) is 20.6. The summed E-state index contributed by atoms with van der Waals surface area (Å²) < 4.78 is 34.3. The SMILES string of the molecule is CCCCCCCCCCCCCCP(CCCC)(CCCC)(CCCC)OS(=O)(=O)c1ccc(C)cc1. The molecule has 0 N–H and O–H groups in total. The van der Waals surface area contributed by atoms with Gasteiger partial charge in [-0.3, -0.25) is 0 Å². The van der Waals surface area contributed by atoms with Gasteiger partial charge < -0.3 is 0 Å². The summed E-state index contributed by atoms with van der Waals surface area (Å²) >= 11 is 0. The standard InChI is InChI=1S/C33H63O3PS/c1-6-10-14-15-16-17-18-19-20-21-22-23-31-37(28-11-7-2,29-12-8-3,30-13-9-4)36-38(34,35)33-26-24-32(5)25-27-33/h24-27H,6-23,28-31H2,1-5H3. The van der Waals surface area contributed by atoms with Crippen LogP contribution in [0.1, 0.15) is 149 Å². The van der Waals surface area contributed by atoms with Gasteiger partial charge in [0.1, 0.15) is 0 Å². The Morgan fingerprint density at radius 1 is 0.526 bits per heavy atom. The van der Waals surface area contributed by atoms with Crippen LogP contribution in [0.2, 0.25) is 0 Å². The molecule has 0 fully saturated rings. The zero-order chi connectivity index (χ0) is 28.2. The van der Waals surface area contributed by atoms with Crippen molar-refractivity contribution in [2.75, 3.05) is 24.6 Å². The molecule has 1 aromatic rings. The first-order valence-electron chi connectivity index (χ1n) is 16.3. The van der Waals surface area contributed by atoms with Crippen LogP contribution in [0.25, 0.3) is 0 Å². The number of benzene rings is 1. The molecule has 0 radical (unpaired) electrons. The van der Waals surface area contributed by atoms with Crippen molar-refractivity contribution in [3.05, 3.63) is 29.8 Å². The molecule has 0 aromatic heterocycles. The Kier molecular flexibility index (Phi) is 18.4. The second kappa shape index (κ2) is 19.6. The van der Waals surface area contributed by atoms with E-state index in [1.807, 2.05) is 19.1 Å². The molecule has 0 spiro atoms. The summed E-state index contributed by atoms with van der Waals surface area (Å²) in [6.45, 7) is 8.02. The molecule has 0 aliphatic rings. The molecule has 38 heavy (non-hydrogen) atoms. The summed E-state index contributed by atoms with van der Waals surface area (Å²) in [6, 6.07) is 7.25. The molecule has 1 aromatic carbocycles. The van der Waals surface area contributed by atoms with Crippen molar-refractivity contribution in [2.24, 2.45) is 0 Å². The van der Waals surface area contributed by atoms with E-state index in [2.05, 4.69) is 27.7 Å². The van der Waals surface area contributed by atoms with Crippen molar-refractivity contribution >= 4 is 16.9 Å². The number of unbranched alkanes of at least 4 members (excludes halogenated alkanes) is 14. The predicted molar refractivity (Wildman–Crippen MR) is 172 cm³/mol. The van der Waals surface area contributed by atoms with Crippen molar-refractivity contribution in [2.45, 2.75) is 155 Å². The van der Waals surface area contributed by atoms with Crippen molar-refractivity contribution in [1.82, 2.24) is 0 Å². The summed E-state index contributed by atoms with van der Waals surface area (Å²) in [7, 11) is -3.79. The minimum atomic E-state index is -3.79. The van der Waals surface area contributed by atoms with Crippen LogP contribution in [0.5, 0.6) is 0 Å². The molecule has 0 saturated heterocycles. The van der Waals surface area contributed by atoms with Crippen molar-refractivity contribution in [3.63, 3.8) is 0 Å². The first-order chi connectivity index (χ1) is 18.3. The maximum atomic E-state index is 13.8. The molecular formula is C33H63O3PS. The van der Waals surface area contributed by atoms with Crippen LogP contribution >= 0.6 is 6.83 Å². The van der Waals surface area contributed by atoms with Gasteiger partial charge in [-0.1, -0.05) is 13.3 Å². The first kappa shape index (κ1) is 35.6. The average Bonchev–Trinajstić information content (AvgIpc) is 2.90. The predicted octanol–water partition coefficient (Wildman–Crippen LogP) is 11.3. The number of hydrogen-bond donors (Lipinski definition) is 0. The van der Waals surface area contributed by atoms with E-state index in [0.717, 1.165) is 75.2 Å². The van der Waals surface area contributed by atoms with E-state index in [1.54, 1.807) is 12.1 Å². The topological polar surface area (TPSA) is 43.4 Å². The third-order valence-corrected chi connectivity index (χ3v) is 17.5. The summed E-state index contributed by atoms with van der Waals surface area (Å²) in [5.41, 5.74) is 1.07. The summed E-state index contributed by atoms with van der Waals surface area (Å²) in [4.78, 5) is 0.330. The van der Waals surface area contributed by atoms with Gasteiger partial charge >= 0.3 is 226 Å². The molecule has 1 rings (SSSR count). The Labute approximate surface area is 238 Å². The van der Waals surface area contributed by atoms with E-state index in [1.165, 1.54) is 70.6 Å². The Morgan fingerprint density at radius 2 is 0.868 bits per heavy atom. The van der Waals surface area contributed by atoms with Crippen LogP contribution in [0, 0.1) is 6.92 Å². The van der Waals surface area contributed by atoms with E-state index in [4.69, 9.17) is 3.97 Å². The third-order valence-electron chi connectivity index (χ3n) is 8.43. The van der Waals surface area contributed by atoms with Crippen LogP contribution < -0.4 is 0 Å². The second-order valence-corrected chi connectivity index (χ2v) is 19.5. The van der Waals surface area contributed by atoms with Crippen molar-refractivity contribution < 1.29 is 12.4 Å². The summed E-state index contributed by atoms with van der Waals surface area (Å²) in [5.74, 6) is 0.